The summed E-state index contributed by atoms with van der Waals surface area (Å²) in [6.07, 6.45) is 9.06. The zero-order chi connectivity index (χ0) is 22.5. The van der Waals surface area contributed by atoms with Gasteiger partial charge in [-0.15, -0.1) is 0 Å². The number of allylic oxidation sites excluding steroid dienone is 4. The van der Waals surface area contributed by atoms with Crippen LogP contribution in [0, 0.1) is 0 Å². The Labute approximate surface area is 190 Å². The lowest BCUT2D eigenvalue weighted by molar-refractivity contribution is 0.925. The summed E-state index contributed by atoms with van der Waals surface area (Å²) in [6.45, 7) is 13.1. The molecular formula is C28H28N4. The Morgan fingerprint density at radius 3 is 2.34 bits per heavy atom. The molecule has 0 unspecified atom stereocenters. The van der Waals surface area contributed by atoms with Crippen molar-refractivity contribution in [1.29, 1.82) is 0 Å². The van der Waals surface area contributed by atoms with Crippen molar-refractivity contribution in [2.45, 2.75) is 20.3 Å². The van der Waals surface area contributed by atoms with Gasteiger partial charge in [0.25, 0.3) is 0 Å². The number of rotatable bonds is 8. The molecule has 0 fully saturated rings. The summed E-state index contributed by atoms with van der Waals surface area (Å²) < 4.78 is 0. The highest BCUT2D eigenvalue weighted by atomic mass is 15.1. The first-order chi connectivity index (χ1) is 15.5. The highest BCUT2D eigenvalue weighted by Gasteiger charge is 2.07. The van der Waals surface area contributed by atoms with Crippen LogP contribution >= 0.6 is 0 Å². The van der Waals surface area contributed by atoms with Gasteiger partial charge in [-0.1, -0.05) is 72.9 Å². The molecule has 0 aliphatic heterocycles. The number of hydrogen-bond acceptors (Lipinski definition) is 4. The maximum absolute atomic E-state index is 4.49. The van der Waals surface area contributed by atoms with E-state index in [0.29, 0.717) is 5.95 Å². The standard InChI is InChI=1S/C28H28N4/c1-19(2)23-10-12-24(13-11-23)26-17-30-28(31-18-26)32-27-7-5-6-25(15-27)21(4)29-16-22-9-8-20(3)14-22/h5-13,15,17-18,29H,1,4,14,16H2,2-3H3,(H,30,31,32). The summed E-state index contributed by atoms with van der Waals surface area (Å²) in [5.41, 5.74) is 9.86. The Morgan fingerprint density at radius 1 is 0.938 bits per heavy atom. The third kappa shape index (κ3) is 5.22. The van der Waals surface area contributed by atoms with Gasteiger partial charge in [0.15, 0.2) is 0 Å². The molecule has 4 heteroatoms. The summed E-state index contributed by atoms with van der Waals surface area (Å²) in [7, 11) is 0. The normalized spacial score (nSPS) is 12.7. The van der Waals surface area contributed by atoms with Crippen LogP contribution in [0.4, 0.5) is 11.6 Å². The van der Waals surface area contributed by atoms with Gasteiger partial charge in [-0.2, -0.15) is 0 Å². The van der Waals surface area contributed by atoms with Gasteiger partial charge in [0, 0.05) is 35.9 Å². The molecule has 0 saturated heterocycles. The van der Waals surface area contributed by atoms with Crippen molar-refractivity contribution in [2.24, 2.45) is 0 Å². The molecular weight excluding hydrogens is 392 g/mol. The zero-order valence-electron chi connectivity index (χ0n) is 18.7. The van der Waals surface area contributed by atoms with Crippen molar-refractivity contribution >= 4 is 22.9 Å². The predicted molar refractivity (Wildman–Crippen MR) is 135 cm³/mol. The molecule has 3 aromatic rings. The Bertz CT molecular complexity index is 1200. The molecule has 0 radical (unpaired) electrons. The van der Waals surface area contributed by atoms with Crippen LogP contribution in [0.3, 0.4) is 0 Å². The van der Waals surface area contributed by atoms with E-state index in [-0.39, 0.29) is 0 Å². The molecule has 32 heavy (non-hydrogen) atoms. The highest BCUT2D eigenvalue weighted by Crippen LogP contribution is 2.23. The lowest BCUT2D eigenvalue weighted by Gasteiger charge is -2.13. The maximum Gasteiger partial charge on any atom is 0.227 e. The molecule has 0 bridgehead atoms. The molecule has 160 valence electrons. The molecule has 0 amide bonds. The van der Waals surface area contributed by atoms with Crippen LogP contribution in [-0.2, 0) is 0 Å². The fourth-order valence-corrected chi connectivity index (χ4v) is 3.58. The Kier molecular flexibility index (Phi) is 6.31. The van der Waals surface area contributed by atoms with Crippen molar-refractivity contribution in [2.75, 3.05) is 11.9 Å². The summed E-state index contributed by atoms with van der Waals surface area (Å²) >= 11 is 0. The van der Waals surface area contributed by atoms with Crippen LogP contribution < -0.4 is 10.6 Å². The second-order valence-corrected chi connectivity index (χ2v) is 8.21. The molecule has 1 aliphatic carbocycles. The van der Waals surface area contributed by atoms with E-state index in [2.05, 4.69) is 83.2 Å². The fourth-order valence-electron chi connectivity index (χ4n) is 3.58. The van der Waals surface area contributed by atoms with Gasteiger partial charge in [-0.25, -0.2) is 9.97 Å². The lowest BCUT2D eigenvalue weighted by Crippen LogP contribution is -2.14. The van der Waals surface area contributed by atoms with Gasteiger partial charge in [0.1, 0.15) is 0 Å². The highest BCUT2D eigenvalue weighted by molar-refractivity contribution is 5.69. The first kappa shape index (κ1) is 21.3. The summed E-state index contributed by atoms with van der Waals surface area (Å²) in [5.74, 6) is 0.556. The van der Waals surface area contributed by atoms with E-state index in [4.69, 9.17) is 0 Å². The van der Waals surface area contributed by atoms with Crippen LogP contribution in [0.2, 0.25) is 0 Å². The van der Waals surface area contributed by atoms with Crippen LogP contribution in [0.5, 0.6) is 0 Å². The molecule has 0 saturated carbocycles. The van der Waals surface area contributed by atoms with Gasteiger partial charge in [0.05, 0.1) is 0 Å². The minimum absolute atomic E-state index is 0.556. The number of anilines is 2. The van der Waals surface area contributed by atoms with E-state index in [0.717, 1.165) is 52.2 Å². The van der Waals surface area contributed by atoms with Crippen molar-refractivity contribution in [3.8, 4) is 11.1 Å². The number of hydrogen-bond donors (Lipinski definition) is 2. The van der Waals surface area contributed by atoms with E-state index in [1.54, 1.807) is 0 Å². The number of nitrogens with one attached hydrogen (secondary N) is 2. The molecule has 2 N–H and O–H groups in total. The van der Waals surface area contributed by atoms with Gasteiger partial charge in [-0.3, -0.25) is 0 Å². The van der Waals surface area contributed by atoms with Crippen molar-refractivity contribution in [1.82, 2.24) is 15.3 Å². The Balaban J connectivity index is 1.38. The van der Waals surface area contributed by atoms with Crippen LogP contribution in [0.15, 0.2) is 97.4 Å². The topological polar surface area (TPSA) is 49.8 Å². The predicted octanol–water partition coefficient (Wildman–Crippen LogP) is 6.76. The van der Waals surface area contributed by atoms with Crippen LogP contribution in [-0.4, -0.2) is 16.5 Å². The third-order valence-electron chi connectivity index (χ3n) is 5.47. The first-order valence-corrected chi connectivity index (χ1v) is 10.7. The van der Waals surface area contributed by atoms with Crippen molar-refractivity contribution in [3.05, 3.63) is 109 Å². The van der Waals surface area contributed by atoms with Crippen molar-refractivity contribution in [3.63, 3.8) is 0 Å². The third-order valence-corrected chi connectivity index (χ3v) is 5.47. The fraction of sp³-hybridized carbons (Fsp3) is 0.143. The monoisotopic (exact) mass is 420 g/mol. The first-order valence-electron chi connectivity index (χ1n) is 10.7. The minimum Gasteiger partial charge on any atom is -0.381 e. The molecule has 2 aromatic carbocycles. The summed E-state index contributed by atoms with van der Waals surface area (Å²) in [5, 5.41) is 6.71. The van der Waals surface area contributed by atoms with E-state index >= 15 is 0 Å². The Hall–Kier alpha value is -3.92. The van der Waals surface area contributed by atoms with E-state index in [1.165, 1.54) is 11.1 Å². The Morgan fingerprint density at radius 2 is 1.69 bits per heavy atom. The van der Waals surface area contributed by atoms with E-state index in [9.17, 15) is 0 Å². The molecule has 0 spiro atoms. The second kappa shape index (κ2) is 9.48. The number of nitrogens with zero attached hydrogens (tertiary/aromatic N) is 2. The average Bonchev–Trinajstić information content (AvgIpc) is 3.23. The van der Waals surface area contributed by atoms with Gasteiger partial charge in [0.2, 0.25) is 5.95 Å². The summed E-state index contributed by atoms with van der Waals surface area (Å²) in [4.78, 5) is 8.97. The minimum atomic E-state index is 0.556. The quantitative estimate of drug-likeness (QED) is 0.423. The number of benzene rings is 2. The van der Waals surface area contributed by atoms with Gasteiger partial charge >= 0.3 is 0 Å². The SMILES string of the molecule is C=C(C)c1ccc(-c2cnc(Nc3cccc(C(=C)NCC4=CC=C(C)C4)c3)nc2)cc1. The molecule has 0 atom stereocenters. The van der Waals surface area contributed by atoms with E-state index < -0.39 is 0 Å². The van der Waals surface area contributed by atoms with Crippen LogP contribution in [0.1, 0.15) is 31.4 Å². The second-order valence-electron chi connectivity index (χ2n) is 8.21. The lowest BCUT2D eigenvalue weighted by atomic mass is 10.0. The average molecular weight is 421 g/mol. The van der Waals surface area contributed by atoms with Gasteiger partial charge in [-0.05, 0) is 54.7 Å². The smallest absolute Gasteiger partial charge is 0.227 e. The van der Waals surface area contributed by atoms with Crippen molar-refractivity contribution < 1.29 is 0 Å². The molecule has 1 heterocycles. The molecule has 4 nitrogen and oxygen atoms in total. The van der Waals surface area contributed by atoms with E-state index in [1.807, 2.05) is 37.5 Å². The molecule has 1 aliphatic rings. The van der Waals surface area contributed by atoms with Crippen LogP contribution in [0.25, 0.3) is 22.4 Å². The zero-order valence-corrected chi connectivity index (χ0v) is 18.7. The van der Waals surface area contributed by atoms with Gasteiger partial charge < -0.3 is 10.6 Å². The maximum atomic E-state index is 4.49. The largest absolute Gasteiger partial charge is 0.381 e. The molecule has 1 aromatic heterocycles. The summed E-state index contributed by atoms with van der Waals surface area (Å²) in [6, 6.07) is 16.4. The molecule has 4 rings (SSSR count). The number of aromatic nitrogens is 2.